The highest BCUT2D eigenvalue weighted by molar-refractivity contribution is 5.75. The summed E-state index contributed by atoms with van der Waals surface area (Å²) in [5, 5.41) is 23.9. The van der Waals surface area contributed by atoms with Gasteiger partial charge in [-0.15, -0.1) is 5.10 Å². The highest BCUT2D eigenvalue weighted by atomic mass is 16.3. The Labute approximate surface area is 141 Å². The highest BCUT2D eigenvalue weighted by Crippen LogP contribution is 2.28. The second kappa shape index (κ2) is 6.34. The van der Waals surface area contributed by atoms with Gasteiger partial charge in [0.15, 0.2) is 0 Å². The third-order valence-corrected chi connectivity index (χ3v) is 4.78. The predicted molar refractivity (Wildman–Crippen MR) is 92.5 cm³/mol. The zero-order chi connectivity index (χ0) is 16.5. The average molecular weight is 321 g/mol. The Bertz CT molecular complexity index is 830. The van der Waals surface area contributed by atoms with Gasteiger partial charge < -0.3 is 5.11 Å². The van der Waals surface area contributed by atoms with Crippen LogP contribution in [0.25, 0.3) is 11.0 Å². The summed E-state index contributed by atoms with van der Waals surface area (Å²) in [5.74, 6) is 0.658. The molecule has 3 aromatic rings. The van der Waals surface area contributed by atoms with Gasteiger partial charge in [0.1, 0.15) is 17.8 Å². The summed E-state index contributed by atoms with van der Waals surface area (Å²) in [6.07, 6.45) is 1.58. The molecule has 1 fully saturated rings. The summed E-state index contributed by atoms with van der Waals surface area (Å²) >= 11 is 0. The normalized spacial score (nSPS) is 22.6. The molecule has 0 aliphatic carbocycles. The van der Waals surface area contributed by atoms with Crippen LogP contribution in [-0.2, 0) is 0 Å². The smallest absolute Gasteiger partial charge is 0.119 e. The van der Waals surface area contributed by atoms with Gasteiger partial charge in [0.25, 0.3) is 0 Å². The minimum Gasteiger partial charge on any atom is -0.384 e. The van der Waals surface area contributed by atoms with E-state index in [2.05, 4.69) is 22.6 Å². The quantitative estimate of drug-likeness (QED) is 0.806. The van der Waals surface area contributed by atoms with Crippen LogP contribution in [0.4, 0.5) is 0 Å². The number of benzene rings is 2. The van der Waals surface area contributed by atoms with E-state index in [4.69, 9.17) is 0 Å². The molecule has 0 spiro atoms. The molecular weight excluding hydrogens is 300 g/mol. The van der Waals surface area contributed by atoms with Crippen molar-refractivity contribution in [1.29, 1.82) is 0 Å². The highest BCUT2D eigenvalue weighted by Gasteiger charge is 2.23. The van der Waals surface area contributed by atoms with Gasteiger partial charge >= 0.3 is 0 Å². The van der Waals surface area contributed by atoms with Gasteiger partial charge in [0, 0.05) is 6.54 Å². The van der Waals surface area contributed by atoms with Crippen molar-refractivity contribution in [1.82, 2.24) is 20.3 Å². The van der Waals surface area contributed by atoms with Crippen molar-refractivity contribution in [2.45, 2.75) is 32.0 Å². The van der Waals surface area contributed by atoms with Crippen LogP contribution in [0.5, 0.6) is 0 Å². The van der Waals surface area contributed by atoms with E-state index in [-0.39, 0.29) is 6.17 Å². The van der Waals surface area contributed by atoms with Crippen molar-refractivity contribution < 1.29 is 5.11 Å². The molecule has 0 amide bonds. The lowest BCUT2D eigenvalue weighted by Crippen LogP contribution is -2.30. The maximum absolute atomic E-state index is 10.6. The Morgan fingerprint density at radius 2 is 1.96 bits per heavy atom. The molecule has 24 heavy (non-hydrogen) atoms. The van der Waals surface area contributed by atoms with E-state index in [1.54, 1.807) is 0 Å². The Morgan fingerprint density at radius 1 is 1.12 bits per heavy atom. The lowest BCUT2D eigenvalue weighted by atomic mass is 9.98. The molecular formula is C19H21N4O. The van der Waals surface area contributed by atoms with Gasteiger partial charge in [-0.2, -0.15) is 0 Å². The molecule has 0 saturated carbocycles. The van der Waals surface area contributed by atoms with Gasteiger partial charge in [-0.05, 0) is 42.0 Å². The van der Waals surface area contributed by atoms with Gasteiger partial charge in [-0.3, -0.25) is 0 Å². The molecule has 1 N–H and O–H groups in total. The van der Waals surface area contributed by atoms with Gasteiger partial charge in [-0.1, -0.05) is 48.5 Å². The van der Waals surface area contributed by atoms with E-state index in [0.29, 0.717) is 5.92 Å². The number of aromatic nitrogens is 3. The van der Waals surface area contributed by atoms with Crippen LogP contribution in [0.3, 0.4) is 0 Å². The monoisotopic (exact) mass is 321 g/mol. The zero-order valence-electron chi connectivity index (χ0n) is 13.7. The van der Waals surface area contributed by atoms with E-state index >= 15 is 0 Å². The topological polar surface area (TPSA) is 65.0 Å². The molecule has 3 unspecified atom stereocenters. The van der Waals surface area contributed by atoms with E-state index in [1.165, 1.54) is 0 Å². The van der Waals surface area contributed by atoms with Crippen molar-refractivity contribution in [2.24, 2.45) is 5.92 Å². The van der Waals surface area contributed by atoms with Crippen LogP contribution < -0.4 is 5.32 Å². The third kappa shape index (κ3) is 2.81. The van der Waals surface area contributed by atoms with Crippen molar-refractivity contribution in [2.75, 3.05) is 6.54 Å². The van der Waals surface area contributed by atoms with Crippen molar-refractivity contribution in [3.05, 3.63) is 59.7 Å². The van der Waals surface area contributed by atoms with Gasteiger partial charge in [-0.25, -0.2) is 10.00 Å². The summed E-state index contributed by atoms with van der Waals surface area (Å²) in [5.41, 5.74) is 3.48. The fourth-order valence-corrected chi connectivity index (χ4v) is 3.35. The molecule has 0 bridgehead atoms. The molecule has 2 aromatic carbocycles. The zero-order valence-corrected chi connectivity index (χ0v) is 13.7. The number of aliphatic hydroxyl groups excluding tert-OH is 1. The number of hydrogen-bond acceptors (Lipinski definition) is 3. The Balaban J connectivity index is 1.65. The number of fused-ring (bicyclic) bond motifs is 1. The Hall–Kier alpha value is -2.24. The maximum atomic E-state index is 10.6. The van der Waals surface area contributed by atoms with Crippen LogP contribution in [-0.4, -0.2) is 26.6 Å². The molecule has 2 heterocycles. The van der Waals surface area contributed by atoms with E-state index in [1.807, 2.05) is 53.2 Å². The van der Waals surface area contributed by atoms with Crippen molar-refractivity contribution in [3.8, 4) is 0 Å². The average Bonchev–Trinajstić information content (AvgIpc) is 3.05. The van der Waals surface area contributed by atoms with Crippen molar-refractivity contribution >= 4 is 11.0 Å². The summed E-state index contributed by atoms with van der Waals surface area (Å²) in [4.78, 5) is 0. The Kier molecular flexibility index (Phi) is 4.04. The number of nitrogens with zero attached hydrogens (tertiary/aromatic N) is 4. The minimum absolute atomic E-state index is 0.0728. The SMILES string of the molecule is CC1CC[N]C(n2nnc3cc(C(O)c4ccccc4)ccc32)C1. The van der Waals surface area contributed by atoms with E-state index < -0.39 is 6.10 Å². The standard InChI is InChI=1S/C19H21N4O/c1-13-9-10-20-18(11-13)23-17-8-7-15(12-16(17)21-22-23)19(24)14-5-3-2-4-6-14/h2-8,12-13,18-19,24H,9-11H2,1H3. The summed E-state index contributed by atoms with van der Waals surface area (Å²) < 4.78 is 1.92. The lowest BCUT2D eigenvalue weighted by Gasteiger charge is -2.26. The summed E-state index contributed by atoms with van der Waals surface area (Å²) in [6.45, 7) is 3.15. The molecule has 4 rings (SSSR count). The second-order valence-electron chi connectivity index (χ2n) is 6.61. The maximum Gasteiger partial charge on any atom is 0.119 e. The molecule has 123 valence electrons. The fraction of sp³-hybridized carbons (Fsp3) is 0.368. The molecule has 1 aliphatic heterocycles. The molecule has 1 saturated heterocycles. The van der Waals surface area contributed by atoms with E-state index in [0.717, 1.165) is 41.5 Å². The predicted octanol–water partition coefficient (Wildman–Crippen LogP) is 3.05. The number of aliphatic hydroxyl groups is 1. The van der Waals surface area contributed by atoms with Crippen LogP contribution in [0.1, 0.15) is 43.2 Å². The fourth-order valence-electron chi connectivity index (χ4n) is 3.35. The molecule has 1 radical (unpaired) electrons. The largest absolute Gasteiger partial charge is 0.384 e. The number of hydrogen-bond donors (Lipinski definition) is 1. The lowest BCUT2D eigenvalue weighted by molar-refractivity contribution is 0.220. The Morgan fingerprint density at radius 3 is 2.75 bits per heavy atom. The van der Waals surface area contributed by atoms with Crippen LogP contribution in [0.15, 0.2) is 48.5 Å². The van der Waals surface area contributed by atoms with Crippen molar-refractivity contribution in [3.63, 3.8) is 0 Å². The first-order valence-electron chi connectivity index (χ1n) is 8.47. The molecule has 1 aliphatic rings. The van der Waals surface area contributed by atoms with E-state index in [9.17, 15) is 5.11 Å². The van der Waals surface area contributed by atoms with Gasteiger partial charge in [0.2, 0.25) is 0 Å². The second-order valence-corrected chi connectivity index (χ2v) is 6.61. The van der Waals surface area contributed by atoms with Gasteiger partial charge in [0.05, 0.1) is 5.52 Å². The first-order valence-corrected chi connectivity index (χ1v) is 8.47. The molecule has 5 nitrogen and oxygen atoms in total. The molecule has 5 heteroatoms. The van der Waals surface area contributed by atoms with Crippen LogP contribution in [0.2, 0.25) is 0 Å². The summed E-state index contributed by atoms with van der Waals surface area (Å²) in [7, 11) is 0. The summed E-state index contributed by atoms with van der Waals surface area (Å²) in [6, 6.07) is 15.5. The first kappa shape index (κ1) is 15.3. The molecule has 1 aromatic heterocycles. The van der Waals surface area contributed by atoms with Crippen LogP contribution >= 0.6 is 0 Å². The number of rotatable bonds is 3. The number of piperidine rings is 1. The minimum atomic E-state index is -0.653. The van der Waals surface area contributed by atoms with Crippen LogP contribution in [0, 0.1) is 5.92 Å². The first-order chi connectivity index (χ1) is 11.7. The molecule has 3 atom stereocenters. The third-order valence-electron chi connectivity index (χ3n) is 4.78.